The van der Waals surface area contributed by atoms with E-state index in [0.717, 1.165) is 43.5 Å². The maximum Gasteiger partial charge on any atom is 0.123 e. The molecule has 0 radical (unpaired) electrons. The van der Waals surface area contributed by atoms with Crippen LogP contribution in [0, 0.1) is 6.92 Å². The minimum Gasteiger partial charge on any atom is -0.465 e. The molecule has 1 saturated heterocycles. The van der Waals surface area contributed by atoms with Crippen LogP contribution in [0.2, 0.25) is 0 Å². The molecule has 0 saturated carbocycles. The molecule has 1 aromatic heterocycles. The second-order valence-electron chi connectivity index (χ2n) is 5.01. The van der Waals surface area contributed by atoms with Gasteiger partial charge in [-0.25, -0.2) is 0 Å². The molecule has 1 fully saturated rings. The number of aryl methyl sites for hydroxylation is 1. The zero-order valence-electron chi connectivity index (χ0n) is 11.8. The van der Waals surface area contributed by atoms with Gasteiger partial charge in [-0.3, -0.25) is 0 Å². The van der Waals surface area contributed by atoms with Gasteiger partial charge in [-0.15, -0.1) is 0 Å². The average Bonchev–Trinajstić information content (AvgIpc) is 2.92. The predicted molar refractivity (Wildman–Crippen MR) is 80.2 cm³/mol. The zero-order chi connectivity index (χ0) is 13.8. The van der Waals surface area contributed by atoms with Crippen molar-refractivity contribution in [2.24, 2.45) is 0 Å². The minimum absolute atomic E-state index is 0.713. The standard InChI is InChI=1S/C16H20N2O2/c1-13-2-7-16(20-13)12-17-14-3-5-15(6-4-14)18-8-10-19-11-9-18/h2-7,17H,8-12H2,1H3. The highest BCUT2D eigenvalue weighted by Crippen LogP contribution is 2.19. The summed E-state index contributed by atoms with van der Waals surface area (Å²) in [4.78, 5) is 2.35. The molecule has 106 valence electrons. The molecule has 1 N–H and O–H groups in total. The SMILES string of the molecule is Cc1ccc(CNc2ccc(N3CCOCC3)cc2)o1. The molecule has 0 unspecified atom stereocenters. The first kappa shape index (κ1) is 13.1. The maximum absolute atomic E-state index is 5.54. The van der Waals surface area contributed by atoms with Crippen molar-refractivity contribution in [3.05, 3.63) is 47.9 Å². The van der Waals surface area contributed by atoms with Crippen LogP contribution in [0.4, 0.5) is 11.4 Å². The van der Waals surface area contributed by atoms with Crippen LogP contribution in [-0.4, -0.2) is 26.3 Å². The fourth-order valence-corrected chi connectivity index (χ4v) is 2.38. The Kier molecular flexibility index (Phi) is 3.92. The topological polar surface area (TPSA) is 37.6 Å². The van der Waals surface area contributed by atoms with Gasteiger partial charge in [0.2, 0.25) is 0 Å². The van der Waals surface area contributed by atoms with Gasteiger partial charge in [0.1, 0.15) is 11.5 Å². The number of furan rings is 1. The molecule has 0 bridgehead atoms. The Hall–Kier alpha value is -1.94. The summed E-state index contributed by atoms with van der Waals surface area (Å²) < 4.78 is 10.9. The van der Waals surface area contributed by atoms with Gasteiger partial charge < -0.3 is 19.4 Å². The van der Waals surface area contributed by atoms with E-state index in [1.165, 1.54) is 5.69 Å². The van der Waals surface area contributed by atoms with E-state index in [2.05, 4.69) is 34.5 Å². The normalized spacial score (nSPS) is 15.3. The monoisotopic (exact) mass is 272 g/mol. The number of hydrogen-bond acceptors (Lipinski definition) is 4. The van der Waals surface area contributed by atoms with Crippen molar-refractivity contribution in [1.82, 2.24) is 0 Å². The smallest absolute Gasteiger partial charge is 0.123 e. The molecule has 0 spiro atoms. The molecule has 1 aliphatic rings. The van der Waals surface area contributed by atoms with Gasteiger partial charge in [0, 0.05) is 24.5 Å². The van der Waals surface area contributed by atoms with Gasteiger partial charge in [0.15, 0.2) is 0 Å². The van der Waals surface area contributed by atoms with Crippen molar-refractivity contribution in [2.75, 3.05) is 36.5 Å². The lowest BCUT2D eigenvalue weighted by Gasteiger charge is -2.28. The second kappa shape index (κ2) is 6.01. The Morgan fingerprint density at radius 3 is 2.45 bits per heavy atom. The highest BCUT2D eigenvalue weighted by molar-refractivity contribution is 5.55. The molecule has 3 rings (SSSR count). The predicted octanol–water partition coefficient (Wildman–Crippen LogP) is 3.04. The van der Waals surface area contributed by atoms with Crippen molar-refractivity contribution in [3.63, 3.8) is 0 Å². The highest BCUT2D eigenvalue weighted by atomic mass is 16.5. The minimum atomic E-state index is 0.713. The summed E-state index contributed by atoms with van der Waals surface area (Å²) >= 11 is 0. The third-order valence-electron chi connectivity index (χ3n) is 3.51. The summed E-state index contributed by atoms with van der Waals surface area (Å²) in [6, 6.07) is 12.5. The van der Waals surface area contributed by atoms with Crippen LogP contribution < -0.4 is 10.2 Å². The van der Waals surface area contributed by atoms with Crippen LogP contribution >= 0.6 is 0 Å². The lowest BCUT2D eigenvalue weighted by molar-refractivity contribution is 0.122. The number of hydrogen-bond donors (Lipinski definition) is 1. The molecule has 0 amide bonds. The molecule has 0 atom stereocenters. The van der Waals surface area contributed by atoms with E-state index in [1.807, 2.05) is 19.1 Å². The Labute approximate surface area is 119 Å². The molecule has 1 aromatic carbocycles. The summed E-state index contributed by atoms with van der Waals surface area (Å²) in [5.74, 6) is 1.91. The summed E-state index contributed by atoms with van der Waals surface area (Å²) in [5.41, 5.74) is 2.36. The van der Waals surface area contributed by atoms with E-state index in [1.54, 1.807) is 0 Å². The van der Waals surface area contributed by atoms with E-state index >= 15 is 0 Å². The summed E-state index contributed by atoms with van der Waals surface area (Å²) in [7, 11) is 0. The average molecular weight is 272 g/mol. The zero-order valence-corrected chi connectivity index (χ0v) is 11.8. The third-order valence-corrected chi connectivity index (χ3v) is 3.51. The number of nitrogens with zero attached hydrogens (tertiary/aromatic N) is 1. The Morgan fingerprint density at radius 2 is 1.80 bits per heavy atom. The van der Waals surface area contributed by atoms with E-state index in [0.29, 0.717) is 6.54 Å². The summed E-state index contributed by atoms with van der Waals surface area (Å²) in [6.45, 7) is 6.25. The lowest BCUT2D eigenvalue weighted by Crippen LogP contribution is -2.36. The first-order valence-corrected chi connectivity index (χ1v) is 7.03. The maximum atomic E-state index is 5.54. The van der Waals surface area contributed by atoms with Gasteiger partial charge in [-0.05, 0) is 43.3 Å². The van der Waals surface area contributed by atoms with E-state index < -0.39 is 0 Å². The summed E-state index contributed by atoms with van der Waals surface area (Å²) in [6.07, 6.45) is 0. The molecule has 1 aliphatic heterocycles. The number of rotatable bonds is 4. The van der Waals surface area contributed by atoms with Crippen LogP contribution in [0.5, 0.6) is 0 Å². The Balaban J connectivity index is 1.58. The number of morpholine rings is 1. The quantitative estimate of drug-likeness (QED) is 0.928. The van der Waals surface area contributed by atoms with Crippen LogP contribution in [0.15, 0.2) is 40.8 Å². The van der Waals surface area contributed by atoms with E-state index in [-0.39, 0.29) is 0 Å². The van der Waals surface area contributed by atoms with Gasteiger partial charge in [-0.1, -0.05) is 0 Å². The second-order valence-corrected chi connectivity index (χ2v) is 5.01. The first-order chi connectivity index (χ1) is 9.81. The molecule has 20 heavy (non-hydrogen) atoms. The third kappa shape index (κ3) is 3.14. The molecule has 2 aromatic rings. The largest absolute Gasteiger partial charge is 0.465 e. The van der Waals surface area contributed by atoms with Crippen molar-refractivity contribution < 1.29 is 9.15 Å². The lowest BCUT2D eigenvalue weighted by atomic mass is 10.2. The van der Waals surface area contributed by atoms with Crippen LogP contribution in [-0.2, 0) is 11.3 Å². The fraction of sp³-hybridized carbons (Fsp3) is 0.375. The number of anilines is 2. The van der Waals surface area contributed by atoms with E-state index in [4.69, 9.17) is 9.15 Å². The van der Waals surface area contributed by atoms with E-state index in [9.17, 15) is 0 Å². The first-order valence-electron chi connectivity index (χ1n) is 7.03. The number of nitrogens with one attached hydrogen (secondary N) is 1. The van der Waals surface area contributed by atoms with Gasteiger partial charge in [0.25, 0.3) is 0 Å². The van der Waals surface area contributed by atoms with Crippen molar-refractivity contribution in [2.45, 2.75) is 13.5 Å². The van der Waals surface area contributed by atoms with Crippen LogP contribution in [0.3, 0.4) is 0 Å². The number of benzene rings is 1. The molecule has 0 aliphatic carbocycles. The Bertz CT molecular complexity index is 542. The molecular formula is C16H20N2O2. The van der Waals surface area contributed by atoms with Crippen molar-refractivity contribution in [3.8, 4) is 0 Å². The van der Waals surface area contributed by atoms with Crippen LogP contribution in [0.25, 0.3) is 0 Å². The molecule has 4 heteroatoms. The Morgan fingerprint density at radius 1 is 1.05 bits per heavy atom. The van der Waals surface area contributed by atoms with Gasteiger partial charge >= 0.3 is 0 Å². The number of ether oxygens (including phenoxy) is 1. The highest BCUT2D eigenvalue weighted by Gasteiger charge is 2.10. The molecular weight excluding hydrogens is 252 g/mol. The fourth-order valence-electron chi connectivity index (χ4n) is 2.38. The molecule has 4 nitrogen and oxygen atoms in total. The van der Waals surface area contributed by atoms with Gasteiger partial charge in [0.05, 0.1) is 19.8 Å². The van der Waals surface area contributed by atoms with Crippen molar-refractivity contribution in [1.29, 1.82) is 0 Å². The van der Waals surface area contributed by atoms with Crippen molar-refractivity contribution >= 4 is 11.4 Å². The van der Waals surface area contributed by atoms with Crippen LogP contribution in [0.1, 0.15) is 11.5 Å². The molecule has 2 heterocycles. The van der Waals surface area contributed by atoms with Gasteiger partial charge in [-0.2, -0.15) is 0 Å². The summed E-state index contributed by atoms with van der Waals surface area (Å²) in [5, 5.41) is 3.37.